The molecule has 23 heavy (non-hydrogen) atoms. The quantitative estimate of drug-likeness (QED) is 0.803. The molecular weight excluding hydrogens is 296 g/mol. The number of hydrogen-bond acceptors (Lipinski definition) is 4. The smallest absolute Gasteiger partial charge is 0.224 e. The summed E-state index contributed by atoms with van der Waals surface area (Å²) >= 11 is 0. The van der Waals surface area contributed by atoms with Crippen LogP contribution in [-0.2, 0) is 9.59 Å². The fourth-order valence-corrected chi connectivity index (χ4v) is 2.03. The molecule has 0 aliphatic heterocycles. The second-order valence-corrected chi connectivity index (χ2v) is 6.34. The molecule has 0 aromatic heterocycles. The Hall–Kier alpha value is -2.37. The lowest BCUT2D eigenvalue weighted by Crippen LogP contribution is -2.23. The van der Waals surface area contributed by atoms with Gasteiger partial charge in [0.25, 0.3) is 0 Å². The normalized spacial score (nSPS) is 10.7. The summed E-state index contributed by atoms with van der Waals surface area (Å²) in [5.41, 5.74) is 0.568. The van der Waals surface area contributed by atoms with E-state index in [4.69, 9.17) is 0 Å². The summed E-state index contributed by atoms with van der Waals surface area (Å²) in [6.45, 7) is 7.65. The highest BCUT2D eigenvalue weighted by Gasteiger charge is 2.13. The monoisotopic (exact) mass is 319 g/mol. The van der Waals surface area contributed by atoms with Crippen LogP contribution in [-0.4, -0.2) is 17.8 Å². The molecule has 0 bridgehead atoms. The number of carboxylic acid groups (broad SMARTS) is 1. The lowest BCUT2D eigenvalue weighted by atomic mass is 10.1. The minimum absolute atomic E-state index is 0.0632. The summed E-state index contributed by atoms with van der Waals surface area (Å²) in [6.07, 6.45) is 0.635. The third kappa shape index (κ3) is 6.50. The van der Waals surface area contributed by atoms with Crippen molar-refractivity contribution in [3.63, 3.8) is 0 Å². The predicted octanol–water partition coefficient (Wildman–Crippen LogP) is 2.02. The van der Waals surface area contributed by atoms with Gasteiger partial charge >= 0.3 is 0 Å². The van der Waals surface area contributed by atoms with Crippen molar-refractivity contribution in [3.05, 3.63) is 23.8 Å². The largest absolute Gasteiger partial charge is 0.545 e. The van der Waals surface area contributed by atoms with Gasteiger partial charge in [0, 0.05) is 12.8 Å². The average Bonchev–Trinajstić information content (AvgIpc) is 2.38. The summed E-state index contributed by atoms with van der Waals surface area (Å²) in [7, 11) is 0. The molecule has 2 amide bonds. The molecule has 2 N–H and O–H groups in total. The van der Waals surface area contributed by atoms with E-state index < -0.39 is 5.97 Å². The molecule has 0 saturated heterocycles. The summed E-state index contributed by atoms with van der Waals surface area (Å²) in [6, 6.07) is 4.07. The first-order chi connectivity index (χ1) is 10.7. The van der Waals surface area contributed by atoms with Gasteiger partial charge in [0.05, 0.1) is 17.3 Å². The van der Waals surface area contributed by atoms with Gasteiger partial charge in [-0.25, -0.2) is 0 Å². The maximum Gasteiger partial charge on any atom is 0.224 e. The van der Waals surface area contributed by atoms with Crippen molar-refractivity contribution in [1.82, 2.24) is 0 Å². The van der Waals surface area contributed by atoms with Crippen LogP contribution in [0.15, 0.2) is 18.2 Å². The number of benzene rings is 1. The van der Waals surface area contributed by atoms with Gasteiger partial charge in [-0.05, 0) is 29.5 Å². The number of carbonyl (C=O) groups is 3. The molecule has 6 nitrogen and oxygen atoms in total. The molecule has 0 atom stereocenters. The van der Waals surface area contributed by atoms with E-state index in [1.54, 1.807) is 0 Å². The van der Waals surface area contributed by atoms with Crippen LogP contribution in [0.1, 0.15) is 50.9 Å². The summed E-state index contributed by atoms with van der Waals surface area (Å²) in [4.78, 5) is 34.8. The summed E-state index contributed by atoms with van der Waals surface area (Å²) < 4.78 is 0. The van der Waals surface area contributed by atoms with Crippen LogP contribution in [0.5, 0.6) is 0 Å². The topological polar surface area (TPSA) is 98.3 Å². The highest BCUT2D eigenvalue weighted by Crippen LogP contribution is 2.24. The molecule has 0 saturated carbocycles. The predicted molar refractivity (Wildman–Crippen MR) is 86.9 cm³/mol. The number of nitrogens with one attached hydrogen (secondary N) is 2. The highest BCUT2D eigenvalue weighted by molar-refractivity contribution is 6.01. The van der Waals surface area contributed by atoms with Crippen molar-refractivity contribution in [2.45, 2.75) is 40.5 Å². The number of carboxylic acids is 1. The number of carbonyl (C=O) groups excluding carboxylic acids is 3. The minimum Gasteiger partial charge on any atom is -0.545 e. The third-order valence-electron chi connectivity index (χ3n) is 2.99. The standard InChI is InChI=1S/C17H24N2O4/c1-10(2)7-15(20)18-13-6-5-12(17(22)23)9-14(13)19-16(21)8-11(3)4/h5-6,9-11H,7-8H2,1-4H3,(H,18,20)(H,19,21)(H,22,23)/p-1. The second kappa shape index (κ2) is 8.31. The van der Waals surface area contributed by atoms with Gasteiger partial charge in [-0.3, -0.25) is 9.59 Å². The molecule has 0 aliphatic rings. The Morgan fingerprint density at radius 1 is 0.913 bits per heavy atom. The average molecular weight is 319 g/mol. The molecule has 0 radical (unpaired) electrons. The van der Waals surface area contributed by atoms with Crippen molar-refractivity contribution in [1.29, 1.82) is 0 Å². The van der Waals surface area contributed by atoms with E-state index in [1.807, 2.05) is 27.7 Å². The van der Waals surface area contributed by atoms with E-state index in [2.05, 4.69) is 10.6 Å². The van der Waals surface area contributed by atoms with E-state index in [0.717, 1.165) is 0 Å². The number of anilines is 2. The minimum atomic E-state index is -1.34. The van der Waals surface area contributed by atoms with Crippen LogP contribution in [0.4, 0.5) is 11.4 Å². The van der Waals surface area contributed by atoms with Crippen LogP contribution >= 0.6 is 0 Å². The van der Waals surface area contributed by atoms with Gasteiger partial charge < -0.3 is 20.5 Å². The van der Waals surface area contributed by atoms with E-state index in [9.17, 15) is 19.5 Å². The van der Waals surface area contributed by atoms with Gasteiger partial charge in [0.15, 0.2) is 0 Å². The maximum absolute atomic E-state index is 11.9. The zero-order chi connectivity index (χ0) is 17.6. The molecule has 0 spiro atoms. The van der Waals surface area contributed by atoms with Crippen molar-refractivity contribution in [3.8, 4) is 0 Å². The van der Waals surface area contributed by atoms with E-state index in [1.165, 1.54) is 18.2 Å². The van der Waals surface area contributed by atoms with Crippen LogP contribution in [0.3, 0.4) is 0 Å². The Kier molecular flexibility index (Phi) is 6.75. The zero-order valence-electron chi connectivity index (χ0n) is 13.9. The number of hydrogen-bond donors (Lipinski definition) is 2. The molecular formula is C17H23N2O4-. The van der Waals surface area contributed by atoms with Crippen LogP contribution in [0.2, 0.25) is 0 Å². The van der Waals surface area contributed by atoms with Crippen molar-refractivity contribution in [2.24, 2.45) is 11.8 Å². The van der Waals surface area contributed by atoms with Crippen molar-refractivity contribution in [2.75, 3.05) is 10.6 Å². The molecule has 0 fully saturated rings. The van der Waals surface area contributed by atoms with Gasteiger partial charge in [0.1, 0.15) is 0 Å². The first-order valence-electron chi connectivity index (χ1n) is 7.64. The Morgan fingerprint density at radius 3 is 1.83 bits per heavy atom. The van der Waals surface area contributed by atoms with Gasteiger partial charge in [-0.2, -0.15) is 0 Å². The molecule has 0 heterocycles. The SMILES string of the molecule is CC(C)CC(=O)Nc1ccc(C(=O)[O-])cc1NC(=O)CC(C)C. The Balaban J connectivity index is 3.01. The fraction of sp³-hybridized carbons (Fsp3) is 0.471. The van der Waals surface area contributed by atoms with Gasteiger partial charge in [0.2, 0.25) is 11.8 Å². The van der Waals surface area contributed by atoms with Gasteiger partial charge in [-0.1, -0.05) is 33.8 Å². The van der Waals surface area contributed by atoms with Crippen LogP contribution < -0.4 is 15.7 Å². The van der Waals surface area contributed by atoms with Crippen LogP contribution in [0, 0.1) is 11.8 Å². The second-order valence-electron chi connectivity index (χ2n) is 6.34. The number of aromatic carboxylic acids is 1. The maximum atomic E-state index is 11.9. The van der Waals surface area contributed by atoms with E-state index in [0.29, 0.717) is 18.5 Å². The van der Waals surface area contributed by atoms with Crippen molar-refractivity contribution >= 4 is 29.2 Å². The molecule has 0 unspecified atom stereocenters. The highest BCUT2D eigenvalue weighted by atomic mass is 16.4. The lowest BCUT2D eigenvalue weighted by molar-refractivity contribution is -0.255. The first kappa shape index (κ1) is 18.7. The molecule has 126 valence electrons. The molecule has 1 aromatic carbocycles. The molecule has 6 heteroatoms. The Labute approximate surface area is 136 Å². The van der Waals surface area contributed by atoms with E-state index >= 15 is 0 Å². The Morgan fingerprint density at radius 2 is 1.39 bits per heavy atom. The van der Waals surface area contributed by atoms with Gasteiger partial charge in [-0.15, -0.1) is 0 Å². The molecule has 0 aliphatic carbocycles. The number of rotatable bonds is 7. The van der Waals surface area contributed by atoms with Crippen LogP contribution in [0.25, 0.3) is 0 Å². The zero-order valence-corrected chi connectivity index (χ0v) is 13.9. The van der Waals surface area contributed by atoms with E-state index in [-0.39, 0.29) is 34.9 Å². The molecule has 1 aromatic rings. The first-order valence-corrected chi connectivity index (χ1v) is 7.64. The summed E-state index contributed by atoms with van der Waals surface area (Å²) in [5, 5.41) is 16.3. The third-order valence-corrected chi connectivity index (χ3v) is 2.99. The lowest BCUT2D eigenvalue weighted by Gasteiger charge is -2.15. The number of amides is 2. The molecule has 1 rings (SSSR count). The van der Waals surface area contributed by atoms with Crippen molar-refractivity contribution < 1.29 is 19.5 Å². The fourth-order valence-electron chi connectivity index (χ4n) is 2.03. The Bertz CT molecular complexity index is 594. The summed E-state index contributed by atoms with van der Waals surface area (Å²) in [5.74, 6) is -1.42.